The summed E-state index contributed by atoms with van der Waals surface area (Å²) >= 11 is 3.35. The van der Waals surface area contributed by atoms with E-state index in [0.29, 0.717) is 23.7 Å². The summed E-state index contributed by atoms with van der Waals surface area (Å²) in [4.78, 5) is 11.9. The third-order valence-electron chi connectivity index (χ3n) is 2.34. The van der Waals surface area contributed by atoms with E-state index in [1.807, 2.05) is 6.08 Å². The van der Waals surface area contributed by atoms with Crippen LogP contribution in [0.4, 0.5) is 0 Å². The molecule has 0 atom stereocenters. The van der Waals surface area contributed by atoms with Crippen molar-refractivity contribution >= 4 is 21.7 Å². The average Bonchev–Trinajstić information content (AvgIpc) is 2.81. The Morgan fingerprint density at radius 2 is 2.31 bits per heavy atom. The molecule has 2 rings (SSSR count). The molecule has 0 radical (unpaired) electrons. The summed E-state index contributed by atoms with van der Waals surface area (Å²) in [6, 6.07) is 5.23. The minimum absolute atomic E-state index is 0.0825. The van der Waals surface area contributed by atoms with Crippen molar-refractivity contribution in [3.05, 3.63) is 40.1 Å². The molecule has 1 heterocycles. The van der Waals surface area contributed by atoms with Gasteiger partial charge in [-0.3, -0.25) is 4.79 Å². The Labute approximate surface area is 102 Å². The smallest absolute Gasteiger partial charge is 0.227 e. The van der Waals surface area contributed by atoms with E-state index >= 15 is 0 Å². The predicted molar refractivity (Wildman–Crippen MR) is 63.7 cm³/mol. The summed E-state index contributed by atoms with van der Waals surface area (Å²) in [5.74, 6) is 1.07. The van der Waals surface area contributed by atoms with E-state index in [9.17, 15) is 4.79 Å². The molecule has 0 aliphatic carbocycles. The Balaban J connectivity index is 2.27. The first kappa shape index (κ1) is 11.2. The van der Waals surface area contributed by atoms with Gasteiger partial charge >= 0.3 is 0 Å². The molecule has 1 aromatic rings. The van der Waals surface area contributed by atoms with Crippen LogP contribution in [0.2, 0.25) is 0 Å². The Kier molecular flexibility index (Phi) is 3.29. The van der Waals surface area contributed by atoms with Crippen LogP contribution in [0.1, 0.15) is 16.8 Å². The topological polar surface area (TPSA) is 35.5 Å². The van der Waals surface area contributed by atoms with Crippen molar-refractivity contribution in [2.75, 3.05) is 13.7 Å². The zero-order valence-electron chi connectivity index (χ0n) is 8.83. The van der Waals surface area contributed by atoms with Crippen LogP contribution in [-0.4, -0.2) is 19.5 Å². The minimum atomic E-state index is -0.0825. The fourth-order valence-corrected chi connectivity index (χ4v) is 2.07. The highest BCUT2D eigenvalue weighted by Gasteiger charge is 2.17. The molecule has 3 nitrogen and oxygen atoms in total. The van der Waals surface area contributed by atoms with E-state index < -0.39 is 0 Å². The standard InChI is InChI=1S/C12H11BrO3/c1-15-10-5-4-8(7-9(10)13)12(14)11-3-2-6-16-11/h3-5,7H,2,6H2,1H3. The fourth-order valence-electron chi connectivity index (χ4n) is 1.53. The van der Waals surface area contributed by atoms with E-state index in [1.165, 1.54) is 0 Å². The van der Waals surface area contributed by atoms with E-state index in [0.717, 1.165) is 10.9 Å². The molecular formula is C12H11BrO3. The lowest BCUT2D eigenvalue weighted by molar-refractivity contribution is 0.0942. The van der Waals surface area contributed by atoms with E-state index in [1.54, 1.807) is 25.3 Å². The van der Waals surface area contributed by atoms with Gasteiger partial charge in [0.1, 0.15) is 5.75 Å². The molecule has 1 aliphatic rings. The maximum Gasteiger partial charge on any atom is 0.227 e. The molecule has 0 fully saturated rings. The van der Waals surface area contributed by atoms with Gasteiger partial charge in [-0.2, -0.15) is 0 Å². The largest absolute Gasteiger partial charge is 0.496 e. The Bertz CT molecular complexity index is 452. The number of Topliss-reactive ketones (excluding diaryl/α,β-unsaturated/α-hetero) is 1. The van der Waals surface area contributed by atoms with Gasteiger partial charge in [0, 0.05) is 12.0 Å². The van der Waals surface area contributed by atoms with Crippen molar-refractivity contribution < 1.29 is 14.3 Å². The van der Waals surface area contributed by atoms with Gasteiger partial charge in [0.25, 0.3) is 0 Å². The second-order valence-electron chi connectivity index (χ2n) is 3.38. The van der Waals surface area contributed by atoms with Crippen molar-refractivity contribution in [1.29, 1.82) is 0 Å². The number of rotatable bonds is 3. The summed E-state index contributed by atoms with van der Waals surface area (Å²) in [6.45, 7) is 0.596. The van der Waals surface area contributed by atoms with Gasteiger partial charge in [-0.25, -0.2) is 0 Å². The van der Waals surface area contributed by atoms with E-state index in [4.69, 9.17) is 9.47 Å². The average molecular weight is 283 g/mol. The monoisotopic (exact) mass is 282 g/mol. The number of hydrogen-bond acceptors (Lipinski definition) is 3. The molecule has 1 aromatic carbocycles. The number of methoxy groups -OCH3 is 1. The summed E-state index contributed by atoms with van der Waals surface area (Å²) in [6.07, 6.45) is 2.62. The van der Waals surface area contributed by atoms with Crippen LogP contribution >= 0.6 is 15.9 Å². The van der Waals surface area contributed by atoms with Crippen LogP contribution in [0.5, 0.6) is 5.75 Å². The van der Waals surface area contributed by atoms with Crippen LogP contribution in [0.3, 0.4) is 0 Å². The zero-order chi connectivity index (χ0) is 11.5. The molecule has 16 heavy (non-hydrogen) atoms. The highest BCUT2D eigenvalue weighted by atomic mass is 79.9. The molecule has 0 saturated carbocycles. The van der Waals surface area contributed by atoms with Crippen LogP contribution in [0, 0.1) is 0 Å². The lowest BCUT2D eigenvalue weighted by Crippen LogP contribution is -2.04. The van der Waals surface area contributed by atoms with Crippen LogP contribution in [0.15, 0.2) is 34.5 Å². The molecule has 0 N–H and O–H groups in total. The number of benzene rings is 1. The van der Waals surface area contributed by atoms with E-state index in [-0.39, 0.29) is 5.78 Å². The van der Waals surface area contributed by atoms with Gasteiger partial charge in [0.2, 0.25) is 5.78 Å². The van der Waals surface area contributed by atoms with Crippen molar-refractivity contribution in [2.24, 2.45) is 0 Å². The normalized spacial score (nSPS) is 14.2. The second kappa shape index (κ2) is 4.70. The number of carbonyl (C=O) groups is 1. The van der Waals surface area contributed by atoms with E-state index in [2.05, 4.69) is 15.9 Å². The highest BCUT2D eigenvalue weighted by molar-refractivity contribution is 9.10. The van der Waals surface area contributed by atoms with Gasteiger partial charge in [-0.05, 0) is 40.2 Å². The summed E-state index contributed by atoms with van der Waals surface area (Å²) in [5.41, 5.74) is 0.598. The summed E-state index contributed by atoms with van der Waals surface area (Å²) in [5, 5.41) is 0. The molecule has 0 aromatic heterocycles. The first-order valence-electron chi connectivity index (χ1n) is 4.93. The van der Waals surface area contributed by atoms with Gasteiger partial charge in [-0.15, -0.1) is 0 Å². The maximum atomic E-state index is 11.9. The van der Waals surface area contributed by atoms with Crippen molar-refractivity contribution in [3.63, 3.8) is 0 Å². The first-order valence-corrected chi connectivity index (χ1v) is 5.73. The predicted octanol–water partition coefficient (Wildman–Crippen LogP) is 2.94. The number of ketones is 1. The summed E-state index contributed by atoms with van der Waals surface area (Å²) in [7, 11) is 1.59. The molecule has 0 saturated heterocycles. The highest BCUT2D eigenvalue weighted by Crippen LogP contribution is 2.27. The quantitative estimate of drug-likeness (QED) is 0.800. The first-order chi connectivity index (χ1) is 7.72. The number of allylic oxidation sites excluding steroid dienone is 1. The maximum absolute atomic E-state index is 11.9. The fraction of sp³-hybridized carbons (Fsp3) is 0.250. The van der Waals surface area contributed by atoms with Gasteiger partial charge in [0.05, 0.1) is 18.2 Å². The molecular weight excluding hydrogens is 272 g/mol. The van der Waals surface area contributed by atoms with Crippen molar-refractivity contribution in [3.8, 4) is 5.75 Å². The third-order valence-corrected chi connectivity index (χ3v) is 2.96. The molecule has 0 spiro atoms. The van der Waals surface area contributed by atoms with Gasteiger partial charge < -0.3 is 9.47 Å². The zero-order valence-corrected chi connectivity index (χ0v) is 10.4. The number of carbonyl (C=O) groups excluding carboxylic acids is 1. The number of ether oxygens (including phenoxy) is 2. The van der Waals surface area contributed by atoms with Crippen molar-refractivity contribution in [1.82, 2.24) is 0 Å². The second-order valence-corrected chi connectivity index (χ2v) is 4.24. The molecule has 4 heteroatoms. The molecule has 0 amide bonds. The third kappa shape index (κ3) is 2.11. The number of halogens is 1. The number of hydrogen-bond donors (Lipinski definition) is 0. The lowest BCUT2D eigenvalue weighted by Gasteiger charge is -2.06. The lowest BCUT2D eigenvalue weighted by atomic mass is 10.1. The van der Waals surface area contributed by atoms with Crippen LogP contribution < -0.4 is 4.74 Å². The SMILES string of the molecule is COc1ccc(C(=O)C2=CCCO2)cc1Br. The Hall–Kier alpha value is -1.29. The van der Waals surface area contributed by atoms with Crippen LogP contribution in [0.25, 0.3) is 0 Å². The molecule has 84 valence electrons. The minimum Gasteiger partial charge on any atom is -0.496 e. The van der Waals surface area contributed by atoms with Crippen LogP contribution in [-0.2, 0) is 4.74 Å². The van der Waals surface area contributed by atoms with Gasteiger partial charge in [-0.1, -0.05) is 0 Å². The molecule has 0 bridgehead atoms. The molecule has 1 aliphatic heterocycles. The Morgan fingerprint density at radius 3 is 2.88 bits per heavy atom. The van der Waals surface area contributed by atoms with Crippen molar-refractivity contribution in [2.45, 2.75) is 6.42 Å². The summed E-state index contributed by atoms with van der Waals surface area (Å²) < 4.78 is 11.1. The van der Waals surface area contributed by atoms with Gasteiger partial charge in [0.15, 0.2) is 5.76 Å². The molecule has 0 unspecified atom stereocenters. The Morgan fingerprint density at radius 1 is 1.50 bits per heavy atom.